The van der Waals surface area contributed by atoms with Crippen molar-refractivity contribution in [3.8, 4) is 11.5 Å². The van der Waals surface area contributed by atoms with Crippen molar-refractivity contribution >= 4 is 15.9 Å². The van der Waals surface area contributed by atoms with Gasteiger partial charge in [0.25, 0.3) is 0 Å². The van der Waals surface area contributed by atoms with Crippen molar-refractivity contribution in [2.24, 2.45) is 0 Å². The second kappa shape index (κ2) is 6.78. The van der Waals surface area contributed by atoms with Gasteiger partial charge in [0.1, 0.15) is 0 Å². The summed E-state index contributed by atoms with van der Waals surface area (Å²) in [7, 11) is 4.27. The van der Waals surface area contributed by atoms with Crippen molar-refractivity contribution in [1.82, 2.24) is 9.80 Å². The van der Waals surface area contributed by atoms with E-state index >= 15 is 0 Å². The summed E-state index contributed by atoms with van der Waals surface area (Å²) in [5, 5.41) is 9.94. The van der Waals surface area contributed by atoms with Gasteiger partial charge in [-0.25, -0.2) is 0 Å². The second-order valence-corrected chi connectivity index (χ2v) is 6.35. The normalized spacial score (nSPS) is 19.8. The molecule has 0 aromatic heterocycles. The number of likely N-dealkylation sites (tertiary alicyclic amines) is 1. The third-order valence-electron chi connectivity index (χ3n) is 3.77. The van der Waals surface area contributed by atoms with E-state index in [9.17, 15) is 5.11 Å². The summed E-state index contributed by atoms with van der Waals surface area (Å²) in [6, 6.07) is 4.55. The van der Waals surface area contributed by atoms with E-state index in [0.29, 0.717) is 22.9 Å². The highest BCUT2D eigenvalue weighted by Gasteiger charge is 2.24. The molecule has 1 fully saturated rings. The first kappa shape index (κ1) is 15.6. The van der Waals surface area contributed by atoms with Crippen molar-refractivity contribution in [1.29, 1.82) is 0 Å². The maximum atomic E-state index is 9.94. The summed E-state index contributed by atoms with van der Waals surface area (Å²) in [6.45, 7) is 5.57. The van der Waals surface area contributed by atoms with E-state index in [4.69, 9.17) is 4.74 Å². The molecule has 0 radical (unpaired) electrons. The minimum atomic E-state index is 0.184. The van der Waals surface area contributed by atoms with Crippen molar-refractivity contribution in [3.63, 3.8) is 0 Å². The van der Waals surface area contributed by atoms with Crippen LogP contribution in [0.2, 0.25) is 0 Å². The van der Waals surface area contributed by atoms with Gasteiger partial charge in [0.2, 0.25) is 0 Å². The molecule has 5 heteroatoms. The molecule has 0 bridgehead atoms. The van der Waals surface area contributed by atoms with E-state index in [1.165, 1.54) is 6.42 Å². The summed E-state index contributed by atoms with van der Waals surface area (Å²) in [5.74, 6) is 0.739. The van der Waals surface area contributed by atoms with Gasteiger partial charge in [-0.05, 0) is 61.1 Å². The molecule has 0 aliphatic carbocycles. The van der Waals surface area contributed by atoms with E-state index in [2.05, 4.69) is 39.8 Å². The Morgan fingerprint density at radius 3 is 2.80 bits per heavy atom. The first-order valence-electron chi connectivity index (χ1n) is 7.04. The Labute approximate surface area is 129 Å². The van der Waals surface area contributed by atoms with Gasteiger partial charge >= 0.3 is 0 Å². The van der Waals surface area contributed by atoms with E-state index in [1.54, 1.807) is 0 Å². The minimum absolute atomic E-state index is 0.184. The van der Waals surface area contributed by atoms with Gasteiger partial charge < -0.3 is 14.7 Å². The van der Waals surface area contributed by atoms with Crippen LogP contribution in [0, 0.1) is 0 Å². The summed E-state index contributed by atoms with van der Waals surface area (Å²) in [4.78, 5) is 4.73. The lowest BCUT2D eigenvalue weighted by atomic mass is 10.2. The van der Waals surface area contributed by atoms with Crippen LogP contribution in [0.5, 0.6) is 11.5 Å². The van der Waals surface area contributed by atoms with Crippen LogP contribution in [0.25, 0.3) is 0 Å². The predicted octanol–water partition coefficient (Wildman–Crippen LogP) is 2.69. The zero-order valence-electron chi connectivity index (χ0n) is 12.4. The number of benzene rings is 1. The molecule has 0 saturated carbocycles. The number of hydrogen-bond acceptors (Lipinski definition) is 4. The minimum Gasteiger partial charge on any atom is -0.503 e. The van der Waals surface area contributed by atoms with E-state index < -0.39 is 0 Å². The van der Waals surface area contributed by atoms with Crippen LogP contribution in [0.1, 0.15) is 18.9 Å². The lowest BCUT2D eigenvalue weighted by Crippen LogP contribution is -2.31. The highest BCUT2D eigenvalue weighted by molar-refractivity contribution is 9.10. The maximum absolute atomic E-state index is 9.94. The number of halogens is 1. The molecule has 1 aromatic rings. The number of likely N-dealkylation sites (N-methyl/N-ethyl adjacent to an activating group) is 1. The molecule has 0 spiro atoms. The lowest BCUT2D eigenvalue weighted by Gasteiger charge is -2.20. The molecule has 20 heavy (non-hydrogen) atoms. The molecule has 1 saturated heterocycles. The fraction of sp³-hybridized carbons (Fsp3) is 0.600. The molecule has 1 heterocycles. The monoisotopic (exact) mass is 342 g/mol. The summed E-state index contributed by atoms with van der Waals surface area (Å²) >= 11 is 3.39. The van der Waals surface area contributed by atoms with Crippen LogP contribution >= 0.6 is 15.9 Å². The van der Waals surface area contributed by atoms with E-state index in [1.807, 2.05) is 19.1 Å². The number of rotatable bonds is 5. The van der Waals surface area contributed by atoms with Gasteiger partial charge in [0.15, 0.2) is 11.5 Å². The van der Waals surface area contributed by atoms with Crippen LogP contribution in [0.15, 0.2) is 16.6 Å². The molecule has 1 aromatic carbocycles. The lowest BCUT2D eigenvalue weighted by molar-refractivity contribution is 0.264. The zero-order chi connectivity index (χ0) is 14.7. The van der Waals surface area contributed by atoms with Crippen molar-refractivity contribution in [3.05, 3.63) is 22.2 Å². The molecule has 1 N–H and O–H groups in total. The number of hydrogen-bond donors (Lipinski definition) is 1. The number of phenolic OH excluding ortho intramolecular Hbond substituents is 1. The van der Waals surface area contributed by atoms with Gasteiger partial charge in [0, 0.05) is 25.7 Å². The Bertz CT molecular complexity index is 465. The second-order valence-electron chi connectivity index (χ2n) is 5.50. The topological polar surface area (TPSA) is 35.9 Å². The highest BCUT2D eigenvalue weighted by Crippen LogP contribution is 2.36. The zero-order valence-corrected chi connectivity index (χ0v) is 14.0. The number of aromatic hydroxyl groups is 1. The van der Waals surface area contributed by atoms with Crippen molar-refractivity contribution in [2.45, 2.75) is 25.9 Å². The maximum Gasteiger partial charge on any atom is 0.172 e. The molecule has 112 valence electrons. The Hall–Kier alpha value is -0.780. The Balaban J connectivity index is 2.06. The number of phenols is 1. The largest absolute Gasteiger partial charge is 0.503 e. The molecule has 0 amide bonds. The van der Waals surface area contributed by atoms with Crippen LogP contribution in [-0.4, -0.2) is 54.7 Å². The standard InChI is InChI=1S/C15H23BrN2O2/c1-4-20-14-8-11(7-13(16)15(14)19)9-18-6-5-12(10-18)17(2)3/h7-8,12,19H,4-6,9-10H2,1-3H3. The Kier molecular flexibility index (Phi) is 5.29. The third kappa shape index (κ3) is 3.65. The summed E-state index contributed by atoms with van der Waals surface area (Å²) in [6.07, 6.45) is 1.21. The number of nitrogens with zero attached hydrogens (tertiary/aromatic N) is 2. The fourth-order valence-electron chi connectivity index (χ4n) is 2.62. The SMILES string of the molecule is CCOc1cc(CN2CCC(N(C)C)C2)cc(Br)c1O. The third-order valence-corrected chi connectivity index (χ3v) is 4.38. The molecular weight excluding hydrogens is 320 g/mol. The molecule has 4 nitrogen and oxygen atoms in total. The Morgan fingerprint density at radius 2 is 2.20 bits per heavy atom. The molecule has 1 unspecified atom stereocenters. The fourth-order valence-corrected chi connectivity index (χ4v) is 3.11. The predicted molar refractivity (Wildman–Crippen MR) is 84.3 cm³/mol. The van der Waals surface area contributed by atoms with Crippen LogP contribution in [-0.2, 0) is 6.54 Å². The van der Waals surface area contributed by atoms with Gasteiger partial charge in [-0.3, -0.25) is 4.90 Å². The van der Waals surface area contributed by atoms with Crippen molar-refractivity contribution < 1.29 is 9.84 Å². The number of ether oxygens (including phenoxy) is 1. The summed E-state index contributed by atoms with van der Waals surface area (Å²) < 4.78 is 6.17. The molecule has 2 rings (SSSR count). The molecule has 1 aliphatic rings. The Morgan fingerprint density at radius 1 is 1.45 bits per heavy atom. The van der Waals surface area contributed by atoms with Crippen LogP contribution in [0.3, 0.4) is 0 Å². The van der Waals surface area contributed by atoms with E-state index in [-0.39, 0.29) is 5.75 Å². The highest BCUT2D eigenvalue weighted by atomic mass is 79.9. The van der Waals surface area contributed by atoms with Gasteiger partial charge in [-0.2, -0.15) is 0 Å². The van der Waals surface area contributed by atoms with E-state index in [0.717, 1.165) is 25.2 Å². The molecule has 1 atom stereocenters. The van der Waals surface area contributed by atoms with Crippen molar-refractivity contribution in [2.75, 3.05) is 33.8 Å². The smallest absolute Gasteiger partial charge is 0.172 e. The molecule has 1 aliphatic heterocycles. The van der Waals surface area contributed by atoms with Gasteiger partial charge in [-0.1, -0.05) is 0 Å². The molecular formula is C15H23BrN2O2. The quantitative estimate of drug-likeness (QED) is 0.892. The first-order valence-corrected chi connectivity index (χ1v) is 7.83. The van der Waals surface area contributed by atoms with Gasteiger partial charge in [-0.15, -0.1) is 0 Å². The first-order chi connectivity index (χ1) is 9.51. The average Bonchev–Trinajstić information content (AvgIpc) is 2.84. The average molecular weight is 343 g/mol. The van der Waals surface area contributed by atoms with Crippen LogP contribution < -0.4 is 4.74 Å². The van der Waals surface area contributed by atoms with Gasteiger partial charge in [0.05, 0.1) is 11.1 Å². The summed E-state index contributed by atoms with van der Waals surface area (Å²) in [5.41, 5.74) is 1.16. The van der Waals surface area contributed by atoms with Crippen LogP contribution in [0.4, 0.5) is 0 Å².